The Morgan fingerprint density at radius 3 is 2.72 bits per heavy atom. The molecule has 1 unspecified atom stereocenters. The molecule has 180 valence electrons. The lowest BCUT2D eigenvalue weighted by atomic mass is 9.78. The van der Waals surface area contributed by atoms with Crippen molar-refractivity contribution in [3.8, 4) is 0 Å². The van der Waals surface area contributed by atoms with E-state index in [1.165, 1.54) is 6.33 Å². The molecular formula is C29H27N5O2. The number of carbonyl (C=O) groups is 2. The van der Waals surface area contributed by atoms with Crippen molar-refractivity contribution in [3.63, 3.8) is 0 Å². The van der Waals surface area contributed by atoms with Crippen LogP contribution in [0.2, 0.25) is 0 Å². The van der Waals surface area contributed by atoms with Gasteiger partial charge in [-0.1, -0.05) is 61.2 Å². The second-order valence-electron chi connectivity index (χ2n) is 9.09. The molecule has 5 rings (SSSR count). The van der Waals surface area contributed by atoms with Gasteiger partial charge in [-0.25, -0.2) is 9.97 Å². The van der Waals surface area contributed by atoms with Gasteiger partial charge in [0.2, 0.25) is 5.91 Å². The molecule has 0 bridgehead atoms. The van der Waals surface area contributed by atoms with Crippen molar-refractivity contribution >= 4 is 23.3 Å². The van der Waals surface area contributed by atoms with Crippen molar-refractivity contribution in [2.24, 2.45) is 5.41 Å². The average molecular weight is 478 g/mol. The number of fused-ring (bicyclic) bond motifs is 1. The molecule has 0 saturated heterocycles. The molecule has 2 aromatic carbocycles. The third-order valence-electron chi connectivity index (χ3n) is 6.71. The fourth-order valence-electron chi connectivity index (χ4n) is 4.96. The van der Waals surface area contributed by atoms with Gasteiger partial charge in [0.1, 0.15) is 17.8 Å². The van der Waals surface area contributed by atoms with Gasteiger partial charge < -0.3 is 16.0 Å². The summed E-state index contributed by atoms with van der Waals surface area (Å²) in [5.41, 5.74) is 5.71. The Morgan fingerprint density at radius 2 is 1.92 bits per heavy atom. The van der Waals surface area contributed by atoms with E-state index in [4.69, 9.17) is 0 Å². The smallest absolute Gasteiger partial charge is 0.270 e. The van der Waals surface area contributed by atoms with Crippen molar-refractivity contribution in [1.82, 2.24) is 20.6 Å². The molecule has 1 aromatic heterocycles. The summed E-state index contributed by atoms with van der Waals surface area (Å²) in [4.78, 5) is 34.0. The van der Waals surface area contributed by atoms with Crippen molar-refractivity contribution in [3.05, 3.63) is 119 Å². The van der Waals surface area contributed by atoms with Crippen LogP contribution in [0.3, 0.4) is 0 Å². The van der Waals surface area contributed by atoms with Crippen molar-refractivity contribution in [2.45, 2.75) is 26.3 Å². The second-order valence-corrected chi connectivity index (χ2v) is 9.09. The van der Waals surface area contributed by atoms with Gasteiger partial charge in [-0.3, -0.25) is 9.59 Å². The lowest BCUT2D eigenvalue weighted by molar-refractivity contribution is -0.126. The molecule has 7 nitrogen and oxygen atoms in total. The van der Waals surface area contributed by atoms with Crippen LogP contribution in [0.15, 0.2) is 97.0 Å². The first-order valence-electron chi connectivity index (χ1n) is 11.8. The molecule has 3 aromatic rings. The van der Waals surface area contributed by atoms with Crippen LogP contribution in [0.1, 0.15) is 34.1 Å². The Hall–Kier alpha value is -4.52. The minimum absolute atomic E-state index is 0.0383. The fraction of sp³-hybridized carbons (Fsp3) is 0.172. The van der Waals surface area contributed by atoms with Gasteiger partial charge in [-0.2, -0.15) is 0 Å². The van der Waals surface area contributed by atoms with Gasteiger partial charge in [0.25, 0.3) is 5.91 Å². The summed E-state index contributed by atoms with van der Waals surface area (Å²) in [5.74, 6) is 0.289. The molecule has 1 aliphatic carbocycles. The molecule has 7 heteroatoms. The second kappa shape index (κ2) is 9.62. The summed E-state index contributed by atoms with van der Waals surface area (Å²) in [6.45, 7) is 6.11. The molecule has 1 spiro atoms. The van der Waals surface area contributed by atoms with E-state index in [9.17, 15) is 9.59 Å². The summed E-state index contributed by atoms with van der Waals surface area (Å²) < 4.78 is 0. The number of aromatic nitrogens is 2. The molecular weight excluding hydrogens is 450 g/mol. The van der Waals surface area contributed by atoms with E-state index < -0.39 is 5.41 Å². The first-order chi connectivity index (χ1) is 17.5. The van der Waals surface area contributed by atoms with Crippen LogP contribution in [0.4, 0.5) is 11.5 Å². The molecule has 2 heterocycles. The molecule has 0 radical (unpaired) electrons. The summed E-state index contributed by atoms with van der Waals surface area (Å²) >= 11 is 0. The van der Waals surface area contributed by atoms with Crippen LogP contribution < -0.4 is 16.0 Å². The molecule has 2 aliphatic rings. The van der Waals surface area contributed by atoms with Crippen molar-refractivity contribution < 1.29 is 9.59 Å². The zero-order valence-corrected chi connectivity index (χ0v) is 20.0. The SMILES string of the molecule is C=C/C=C\C1=C(C)NC(=O)C12Cc1ccc(Nc3cc(C(=O)NCc4ccccc4)ncn3)cc1C2. The number of nitrogens with one attached hydrogen (secondary N) is 3. The molecule has 0 fully saturated rings. The lowest BCUT2D eigenvalue weighted by Gasteiger charge is -2.22. The van der Waals surface area contributed by atoms with E-state index in [0.29, 0.717) is 25.2 Å². The van der Waals surface area contributed by atoms with Gasteiger partial charge in [-0.15, -0.1) is 0 Å². The number of allylic oxidation sites excluding steroid dienone is 4. The highest BCUT2D eigenvalue weighted by Gasteiger charge is 2.50. The van der Waals surface area contributed by atoms with E-state index in [-0.39, 0.29) is 17.5 Å². The Balaban J connectivity index is 1.31. The maximum absolute atomic E-state index is 13.0. The number of benzene rings is 2. The topological polar surface area (TPSA) is 96.0 Å². The first kappa shape index (κ1) is 23.2. The van der Waals surface area contributed by atoms with Crippen molar-refractivity contribution in [1.29, 1.82) is 0 Å². The van der Waals surface area contributed by atoms with Crippen LogP contribution in [0.25, 0.3) is 0 Å². The maximum Gasteiger partial charge on any atom is 0.270 e. The summed E-state index contributed by atoms with van der Waals surface area (Å²) in [7, 11) is 0. The van der Waals surface area contributed by atoms with Gasteiger partial charge in [0.05, 0.1) is 5.41 Å². The van der Waals surface area contributed by atoms with Crippen LogP contribution in [0, 0.1) is 5.41 Å². The first-order valence-corrected chi connectivity index (χ1v) is 11.8. The molecule has 2 amide bonds. The van der Waals surface area contributed by atoms with E-state index in [2.05, 4.69) is 44.6 Å². The maximum atomic E-state index is 13.0. The number of rotatable bonds is 7. The Labute approximate surface area is 210 Å². The number of amides is 2. The molecule has 3 N–H and O–H groups in total. The summed E-state index contributed by atoms with van der Waals surface area (Å²) in [6, 6.07) is 17.4. The minimum atomic E-state index is -0.594. The Morgan fingerprint density at radius 1 is 1.11 bits per heavy atom. The van der Waals surface area contributed by atoms with Gasteiger partial charge >= 0.3 is 0 Å². The fourth-order valence-corrected chi connectivity index (χ4v) is 4.96. The monoisotopic (exact) mass is 477 g/mol. The quantitative estimate of drug-likeness (QED) is 0.439. The minimum Gasteiger partial charge on any atom is -0.347 e. The number of hydrogen-bond donors (Lipinski definition) is 3. The van der Waals surface area contributed by atoms with Crippen molar-refractivity contribution in [2.75, 3.05) is 5.32 Å². The van der Waals surface area contributed by atoms with Crippen LogP contribution in [0.5, 0.6) is 0 Å². The lowest BCUT2D eigenvalue weighted by Crippen LogP contribution is -2.34. The third-order valence-corrected chi connectivity index (χ3v) is 6.71. The number of nitrogens with zero attached hydrogens (tertiary/aromatic N) is 2. The van der Waals surface area contributed by atoms with E-state index >= 15 is 0 Å². The molecule has 1 aliphatic heterocycles. The normalized spacial score (nSPS) is 18.4. The standard InChI is InChI=1S/C29H27N5O2/c1-3-4-10-24-19(2)33-28(36)29(24)15-21-11-12-23(13-22(21)16-29)34-26-14-25(31-18-32-26)27(35)30-17-20-8-6-5-7-9-20/h3-14,18H,1,15-17H2,2H3,(H,30,35)(H,33,36)(H,31,32,34)/b10-4-. The van der Waals surface area contributed by atoms with Crippen LogP contribution >= 0.6 is 0 Å². The average Bonchev–Trinajstić information content (AvgIpc) is 3.38. The molecule has 36 heavy (non-hydrogen) atoms. The molecule has 1 atom stereocenters. The van der Waals surface area contributed by atoms with E-state index in [0.717, 1.165) is 33.6 Å². The zero-order valence-electron chi connectivity index (χ0n) is 20.0. The Bertz CT molecular complexity index is 1410. The number of carbonyl (C=O) groups excluding carboxylic acids is 2. The highest BCUT2D eigenvalue weighted by atomic mass is 16.2. The van der Waals surface area contributed by atoms with Gasteiger partial charge in [-0.05, 0) is 54.2 Å². The van der Waals surface area contributed by atoms with Crippen LogP contribution in [-0.4, -0.2) is 21.8 Å². The number of anilines is 2. The highest BCUT2D eigenvalue weighted by molar-refractivity contribution is 5.94. The predicted octanol–water partition coefficient (Wildman–Crippen LogP) is 4.38. The summed E-state index contributed by atoms with van der Waals surface area (Å²) in [6.07, 6.45) is 8.22. The highest BCUT2D eigenvalue weighted by Crippen LogP contribution is 2.47. The zero-order chi connectivity index (χ0) is 25.1. The Kier molecular flexibility index (Phi) is 6.21. The van der Waals surface area contributed by atoms with Gasteiger partial charge in [0.15, 0.2) is 0 Å². The largest absolute Gasteiger partial charge is 0.347 e. The predicted molar refractivity (Wildman–Crippen MR) is 139 cm³/mol. The number of hydrogen-bond acceptors (Lipinski definition) is 5. The third kappa shape index (κ3) is 4.43. The van der Waals surface area contributed by atoms with Crippen LogP contribution in [-0.2, 0) is 24.2 Å². The summed E-state index contributed by atoms with van der Waals surface area (Å²) in [5, 5.41) is 9.18. The van der Waals surface area contributed by atoms with E-state index in [1.54, 1.807) is 12.1 Å². The van der Waals surface area contributed by atoms with E-state index in [1.807, 2.05) is 55.5 Å². The molecule has 0 saturated carbocycles. The van der Waals surface area contributed by atoms with Gasteiger partial charge in [0, 0.05) is 24.0 Å².